The van der Waals surface area contributed by atoms with E-state index in [0.29, 0.717) is 0 Å². The zero-order valence-corrected chi connectivity index (χ0v) is 8.66. The summed E-state index contributed by atoms with van der Waals surface area (Å²) in [4.78, 5) is 0. The Morgan fingerprint density at radius 2 is 1.31 bits per heavy atom. The highest BCUT2D eigenvalue weighted by atomic mass is 79.9. The predicted octanol–water partition coefficient (Wildman–Crippen LogP) is -3.04. The van der Waals surface area contributed by atoms with Crippen molar-refractivity contribution in [1.29, 1.82) is 0 Å². The average Bonchev–Trinajstić information content (AvgIpc) is 2.12. The Hall–Kier alpha value is 0.240. The smallest absolute Gasteiger partial charge is 0.111 e. The fourth-order valence-corrected chi connectivity index (χ4v) is 0.703. The molecule has 0 rings (SSSR count). The van der Waals surface area contributed by atoms with Gasteiger partial charge in [0.05, 0.1) is 12.7 Å². The SMILES string of the molecule is Br.NC[C@@H](O)[C@H](O)[C@@H](O)[C@@H](O)CO. The molecule has 0 aliphatic heterocycles. The molecule has 0 bridgehead atoms. The van der Waals surface area contributed by atoms with E-state index in [0.717, 1.165) is 0 Å². The number of halogens is 1. The van der Waals surface area contributed by atoms with Gasteiger partial charge >= 0.3 is 0 Å². The molecule has 7 N–H and O–H groups in total. The van der Waals surface area contributed by atoms with E-state index < -0.39 is 31.0 Å². The van der Waals surface area contributed by atoms with Crippen LogP contribution in [0, 0.1) is 0 Å². The molecule has 0 saturated carbocycles. The molecule has 0 saturated heterocycles. The summed E-state index contributed by atoms with van der Waals surface area (Å²) in [5.41, 5.74) is 4.99. The van der Waals surface area contributed by atoms with Crippen LogP contribution in [0.4, 0.5) is 0 Å². The van der Waals surface area contributed by atoms with Gasteiger partial charge in [-0.05, 0) is 0 Å². The molecule has 4 atom stereocenters. The third-order valence-electron chi connectivity index (χ3n) is 1.57. The second kappa shape index (κ2) is 7.63. The monoisotopic (exact) mass is 261 g/mol. The summed E-state index contributed by atoms with van der Waals surface area (Å²) < 4.78 is 0. The first-order valence-corrected chi connectivity index (χ1v) is 3.57. The van der Waals surface area contributed by atoms with Crippen molar-refractivity contribution in [1.82, 2.24) is 0 Å². The Balaban J connectivity index is 0. The van der Waals surface area contributed by atoms with Crippen molar-refractivity contribution < 1.29 is 25.5 Å². The molecule has 82 valence electrons. The zero-order chi connectivity index (χ0) is 9.72. The molecule has 0 aliphatic carbocycles. The Labute approximate surface area is 86.4 Å². The summed E-state index contributed by atoms with van der Waals surface area (Å²) >= 11 is 0. The molecule has 6 nitrogen and oxygen atoms in total. The quantitative estimate of drug-likeness (QED) is 0.312. The van der Waals surface area contributed by atoms with Gasteiger partial charge in [-0.25, -0.2) is 0 Å². The molecule has 13 heavy (non-hydrogen) atoms. The van der Waals surface area contributed by atoms with Gasteiger partial charge in [0.15, 0.2) is 0 Å². The standard InChI is InChI=1S/C6H15NO5.BrH/c7-1-3(9)5(11)6(12)4(10)2-8;/h3-6,8-12H,1-2,7H2;1H/t3-,4+,5+,6+;/m1./s1. The van der Waals surface area contributed by atoms with Crippen LogP contribution < -0.4 is 5.73 Å². The van der Waals surface area contributed by atoms with Gasteiger partial charge in [-0.15, -0.1) is 17.0 Å². The van der Waals surface area contributed by atoms with Crippen LogP contribution in [0.25, 0.3) is 0 Å². The van der Waals surface area contributed by atoms with E-state index in [2.05, 4.69) is 0 Å². The van der Waals surface area contributed by atoms with Gasteiger partial charge in [0.1, 0.15) is 18.3 Å². The van der Waals surface area contributed by atoms with E-state index in [-0.39, 0.29) is 23.5 Å². The molecule has 0 amide bonds. The van der Waals surface area contributed by atoms with Gasteiger partial charge in [-0.1, -0.05) is 0 Å². The number of hydrogen-bond acceptors (Lipinski definition) is 6. The van der Waals surface area contributed by atoms with E-state index in [1.54, 1.807) is 0 Å². The second-order valence-electron chi connectivity index (χ2n) is 2.53. The van der Waals surface area contributed by atoms with E-state index in [9.17, 15) is 0 Å². The van der Waals surface area contributed by atoms with Crippen molar-refractivity contribution in [3.63, 3.8) is 0 Å². The van der Waals surface area contributed by atoms with Crippen LogP contribution in [0.5, 0.6) is 0 Å². The fourth-order valence-electron chi connectivity index (χ4n) is 0.703. The van der Waals surface area contributed by atoms with E-state index in [4.69, 9.17) is 31.3 Å². The van der Waals surface area contributed by atoms with Crippen LogP contribution in [0.15, 0.2) is 0 Å². The first kappa shape index (κ1) is 15.7. The minimum absolute atomic E-state index is 0. The molecule has 0 radical (unpaired) electrons. The van der Waals surface area contributed by atoms with Gasteiger partial charge in [-0.3, -0.25) is 0 Å². The lowest BCUT2D eigenvalue weighted by molar-refractivity contribution is -0.112. The summed E-state index contributed by atoms with van der Waals surface area (Å²) in [6, 6.07) is 0. The molecule has 0 aromatic rings. The Morgan fingerprint density at radius 3 is 1.62 bits per heavy atom. The van der Waals surface area contributed by atoms with Gasteiger partial charge < -0.3 is 31.3 Å². The Kier molecular flexibility index (Phi) is 9.21. The number of nitrogens with two attached hydrogens (primary N) is 1. The van der Waals surface area contributed by atoms with Crippen molar-refractivity contribution in [3.8, 4) is 0 Å². The van der Waals surface area contributed by atoms with Crippen molar-refractivity contribution in [3.05, 3.63) is 0 Å². The normalized spacial score (nSPS) is 19.8. The summed E-state index contributed by atoms with van der Waals surface area (Å²) in [6.45, 7) is -0.911. The lowest BCUT2D eigenvalue weighted by atomic mass is 10.0. The van der Waals surface area contributed by atoms with Crippen LogP contribution in [0.1, 0.15) is 0 Å². The van der Waals surface area contributed by atoms with Crippen molar-refractivity contribution in [2.75, 3.05) is 13.2 Å². The number of hydrogen-bond donors (Lipinski definition) is 6. The van der Waals surface area contributed by atoms with Crippen molar-refractivity contribution in [2.24, 2.45) is 5.73 Å². The molecular weight excluding hydrogens is 246 g/mol. The van der Waals surface area contributed by atoms with E-state index >= 15 is 0 Å². The summed E-state index contributed by atoms with van der Waals surface area (Å²) in [7, 11) is 0. The molecular formula is C6H16BrNO5. The minimum Gasteiger partial charge on any atom is -0.394 e. The largest absolute Gasteiger partial charge is 0.394 e. The van der Waals surface area contributed by atoms with Gasteiger partial charge in [0.25, 0.3) is 0 Å². The van der Waals surface area contributed by atoms with E-state index in [1.807, 2.05) is 0 Å². The Bertz CT molecular complexity index is 114. The van der Waals surface area contributed by atoms with Crippen molar-refractivity contribution >= 4 is 17.0 Å². The third kappa shape index (κ3) is 4.87. The highest BCUT2D eigenvalue weighted by Crippen LogP contribution is 2.03. The maximum absolute atomic E-state index is 9.04. The zero-order valence-electron chi connectivity index (χ0n) is 6.95. The molecule has 7 heteroatoms. The van der Waals surface area contributed by atoms with Crippen LogP contribution in [-0.4, -0.2) is 63.1 Å². The molecule has 0 aliphatic rings. The molecule has 0 heterocycles. The molecule has 0 aromatic heterocycles. The van der Waals surface area contributed by atoms with Crippen LogP contribution in [0.3, 0.4) is 0 Å². The topological polar surface area (TPSA) is 127 Å². The van der Waals surface area contributed by atoms with Crippen LogP contribution in [-0.2, 0) is 0 Å². The first-order valence-electron chi connectivity index (χ1n) is 3.57. The van der Waals surface area contributed by atoms with Crippen molar-refractivity contribution in [2.45, 2.75) is 24.4 Å². The van der Waals surface area contributed by atoms with Gasteiger partial charge in [0, 0.05) is 6.54 Å². The minimum atomic E-state index is -1.59. The van der Waals surface area contributed by atoms with Gasteiger partial charge in [-0.2, -0.15) is 0 Å². The van der Waals surface area contributed by atoms with E-state index in [1.165, 1.54) is 0 Å². The van der Waals surface area contributed by atoms with Crippen LogP contribution >= 0.6 is 17.0 Å². The maximum atomic E-state index is 9.04. The first-order chi connectivity index (χ1) is 5.54. The summed E-state index contributed by atoms with van der Waals surface area (Å²) in [5.74, 6) is 0. The third-order valence-corrected chi connectivity index (χ3v) is 1.57. The number of aliphatic hydroxyl groups excluding tert-OH is 5. The lowest BCUT2D eigenvalue weighted by Gasteiger charge is -2.24. The fraction of sp³-hybridized carbons (Fsp3) is 1.00. The number of aliphatic hydroxyl groups is 5. The second-order valence-corrected chi connectivity index (χ2v) is 2.53. The maximum Gasteiger partial charge on any atom is 0.111 e. The molecule has 0 fully saturated rings. The number of rotatable bonds is 5. The molecule has 0 spiro atoms. The Morgan fingerprint density at radius 1 is 0.923 bits per heavy atom. The van der Waals surface area contributed by atoms with Crippen LogP contribution in [0.2, 0.25) is 0 Å². The van der Waals surface area contributed by atoms with Gasteiger partial charge in [0.2, 0.25) is 0 Å². The summed E-state index contributed by atoms with van der Waals surface area (Å²) in [5, 5.41) is 44.2. The molecule has 0 unspecified atom stereocenters. The average molecular weight is 262 g/mol. The molecule has 0 aromatic carbocycles. The summed E-state index contributed by atoms with van der Waals surface area (Å²) in [6.07, 6.45) is -5.91. The highest BCUT2D eigenvalue weighted by Gasteiger charge is 2.28. The predicted molar refractivity (Wildman–Crippen MR) is 50.5 cm³/mol. The highest BCUT2D eigenvalue weighted by molar-refractivity contribution is 8.93. The lowest BCUT2D eigenvalue weighted by Crippen LogP contribution is -2.48.